The molecular formula is C30H33F3N2. The molecule has 1 aliphatic heterocycles. The molecule has 1 N–H and O–H groups in total. The lowest BCUT2D eigenvalue weighted by Crippen LogP contribution is -2.27. The van der Waals surface area contributed by atoms with Crippen molar-refractivity contribution in [2.24, 2.45) is 0 Å². The molecule has 0 amide bonds. The molecule has 2 nitrogen and oxygen atoms in total. The van der Waals surface area contributed by atoms with Crippen LogP contribution in [0.4, 0.5) is 18.9 Å². The van der Waals surface area contributed by atoms with Crippen LogP contribution in [0, 0.1) is 13.8 Å². The van der Waals surface area contributed by atoms with Gasteiger partial charge in [-0.15, -0.1) is 0 Å². The monoisotopic (exact) mass is 478 g/mol. The number of alkyl halides is 3. The van der Waals surface area contributed by atoms with Gasteiger partial charge in [-0.25, -0.2) is 0 Å². The van der Waals surface area contributed by atoms with Crippen molar-refractivity contribution in [1.29, 1.82) is 0 Å². The molecule has 1 aliphatic rings. The molecule has 3 aromatic carbocycles. The number of nitrogens with one attached hydrogen (secondary N) is 1. The van der Waals surface area contributed by atoms with Crippen LogP contribution < -0.4 is 10.2 Å². The van der Waals surface area contributed by atoms with Crippen molar-refractivity contribution in [1.82, 2.24) is 5.32 Å². The van der Waals surface area contributed by atoms with Crippen LogP contribution >= 0.6 is 0 Å². The Morgan fingerprint density at radius 2 is 1.49 bits per heavy atom. The number of aryl methyl sites for hydroxylation is 3. The summed E-state index contributed by atoms with van der Waals surface area (Å²) in [4.78, 5) is 2.09. The quantitative estimate of drug-likeness (QED) is 0.326. The summed E-state index contributed by atoms with van der Waals surface area (Å²) >= 11 is 0. The molecule has 1 atom stereocenters. The average Bonchev–Trinajstić information content (AvgIpc) is 3.31. The van der Waals surface area contributed by atoms with Crippen molar-refractivity contribution in [3.8, 4) is 11.1 Å². The molecule has 0 spiro atoms. The lowest BCUT2D eigenvalue weighted by molar-refractivity contribution is -0.137. The highest BCUT2D eigenvalue weighted by Gasteiger charge is 2.31. The lowest BCUT2D eigenvalue weighted by atomic mass is 9.96. The van der Waals surface area contributed by atoms with Crippen molar-refractivity contribution in [3.63, 3.8) is 0 Å². The SMILES string of the molecule is CCCCCCc1ccc(-c2cc(C)c(N3C=CNC3c3ccc(C(F)(F)F)cc3)c(C)c2)cc1. The molecule has 0 radical (unpaired) electrons. The molecule has 5 heteroatoms. The van der Waals surface area contributed by atoms with Crippen LogP contribution in [0.25, 0.3) is 11.1 Å². The van der Waals surface area contributed by atoms with Gasteiger partial charge >= 0.3 is 6.18 Å². The van der Waals surface area contributed by atoms with Gasteiger partial charge in [0.05, 0.1) is 5.56 Å². The molecule has 0 saturated heterocycles. The molecule has 0 aliphatic carbocycles. The van der Waals surface area contributed by atoms with Gasteiger partial charge < -0.3 is 10.2 Å². The van der Waals surface area contributed by atoms with E-state index in [-0.39, 0.29) is 6.17 Å². The van der Waals surface area contributed by atoms with Gasteiger partial charge in [0.15, 0.2) is 0 Å². The fraction of sp³-hybridized carbons (Fsp3) is 0.333. The number of unbranched alkanes of at least 4 members (excludes halogenated alkanes) is 3. The largest absolute Gasteiger partial charge is 0.416 e. The molecule has 4 rings (SSSR count). The first-order valence-electron chi connectivity index (χ1n) is 12.4. The summed E-state index contributed by atoms with van der Waals surface area (Å²) in [6, 6.07) is 18.6. The predicted octanol–water partition coefficient (Wildman–Crippen LogP) is 8.69. The molecular weight excluding hydrogens is 445 g/mol. The van der Waals surface area contributed by atoms with E-state index in [1.54, 1.807) is 12.1 Å². The van der Waals surface area contributed by atoms with Crippen LogP contribution in [-0.2, 0) is 12.6 Å². The maximum atomic E-state index is 13.0. The third-order valence-corrected chi connectivity index (χ3v) is 6.68. The molecule has 35 heavy (non-hydrogen) atoms. The van der Waals surface area contributed by atoms with E-state index >= 15 is 0 Å². The fourth-order valence-corrected chi connectivity index (χ4v) is 4.85. The van der Waals surface area contributed by atoms with Gasteiger partial charge in [0.1, 0.15) is 6.17 Å². The number of rotatable bonds is 8. The van der Waals surface area contributed by atoms with E-state index in [1.807, 2.05) is 12.4 Å². The molecule has 0 saturated carbocycles. The number of hydrogen-bond donors (Lipinski definition) is 1. The van der Waals surface area contributed by atoms with Crippen molar-refractivity contribution >= 4 is 5.69 Å². The summed E-state index contributed by atoms with van der Waals surface area (Å²) in [6.07, 6.45) is 5.38. The number of benzene rings is 3. The van der Waals surface area contributed by atoms with Gasteiger partial charge in [0.2, 0.25) is 0 Å². The Kier molecular flexibility index (Phi) is 7.54. The fourth-order valence-electron chi connectivity index (χ4n) is 4.85. The number of nitrogens with zero attached hydrogens (tertiary/aromatic N) is 1. The van der Waals surface area contributed by atoms with Gasteiger partial charge in [0, 0.05) is 18.1 Å². The minimum absolute atomic E-state index is 0.257. The maximum Gasteiger partial charge on any atom is 0.416 e. The number of hydrogen-bond acceptors (Lipinski definition) is 2. The number of halogens is 3. The normalized spacial score (nSPS) is 15.5. The topological polar surface area (TPSA) is 15.3 Å². The van der Waals surface area contributed by atoms with Gasteiger partial charge in [0.25, 0.3) is 0 Å². The van der Waals surface area contributed by atoms with Crippen LogP contribution in [0.3, 0.4) is 0 Å². The molecule has 0 aromatic heterocycles. The smallest absolute Gasteiger partial charge is 0.366 e. The Hall–Kier alpha value is -3.21. The van der Waals surface area contributed by atoms with Crippen LogP contribution in [0.1, 0.15) is 66.6 Å². The van der Waals surface area contributed by atoms with Gasteiger partial charge in [-0.3, -0.25) is 0 Å². The maximum absolute atomic E-state index is 13.0. The van der Waals surface area contributed by atoms with Crippen LogP contribution in [-0.4, -0.2) is 0 Å². The Morgan fingerprint density at radius 3 is 2.09 bits per heavy atom. The summed E-state index contributed by atoms with van der Waals surface area (Å²) in [7, 11) is 0. The first kappa shape index (κ1) is 24.9. The van der Waals surface area contributed by atoms with Crippen LogP contribution in [0.5, 0.6) is 0 Å². The molecule has 1 unspecified atom stereocenters. The third kappa shape index (κ3) is 5.72. The second kappa shape index (κ2) is 10.6. The van der Waals surface area contributed by atoms with Gasteiger partial charge in [-0.05, 0) is 84.3 Å². The van der Waals surface area contributed by atoms with Gasteiger partial charge in [-0.2, -0.15) is 13.2 Å². The zero-order valence-electron chi connectivity index (χ0n) is 20.6. The average molecular weight is 479 g/mol. The first-order chi connectivity index (χ1) is 16.8. The molecule has 3 aromatic rings. The van der Waals surface area contributed by atoms with Crippen LogP contribution in [0.15, 0.2) is 73.1 Å². The van der Waals surface area contributed by atoms with Crippen molar-refractivity contribution in [3.05, 3.63) is 101 Å². The Morgan fingerprint density at radius 1 is 0.829 bits per heavy atom. The Balaban J connectivity index is 1.54. The minimum Gasteiger partial charge on any atom is -0.366 e. The summed E-state index contributed by atoms with van der Waals surface area (Å²) in [5.41, 5.74) is 7.18. The van der Waals surface area contributed by atoms with E-state index in [9.17, 15) is 13.2 Å². The first-order valence-corrected chi connectivity index (χ1v) is 12.4. The standard InChI is InChI=1S/C30H33F3N2/c1-4-5-6-7-8-23-9-11-24(12-10-23)26-19-21(2)28(22(3)20-26)35-18-17-34-29(35)25-13-15-27(16-14-25)30(31,32)33/h9-20,29,34H,4-8H2,1-3H3. The summed E-state index contributed by atoms with van der Waals surface area (Å²) in [5.74, 6) is 0. The third-order valence-electron chi connectivity index (χ3n) is 6.68. The molecule has 184 valence electrons. The highest BCUT2D eigenvalue weighted by atomic mass is 19.4. The van der Waals surface area contributed by atoms with E-state index in [1.165, 1.54) is 42.4 Å². The second-order valence-electron chi connectivity index (χ2n) is 9.38. The van der Waals surface area contributed by atoms with E-state index in [4.69, 9.17) is 0 Å². The van der Waals surface area contributed by atoms with E-state index < -0.39 is 11.7 Å². The van der Waals surface area contributed by atoms with Crippen LogP contribution in [0.2, 0.25) is 0 Å². The van der Waals surface area contributed by atoms with Crippen molar-refractivity contribution in [2.75, 3.05) is 4.90 Å². The van der Waals surface area contributed by atoms with Crippen molar-refractivity contribution < 1.29 is 13.2 Å². The van der Waals surface area contributed by atoms with Crippen molar-refractivity contribution in [2.45, 2.75) is 65.2 Å². The minimum atomic E-state index is -4.34. The molecule has 0 bridgehead atoms. The molecule has 1 heterocycles. The Labute approximate surface area is 206 Å². The molecule has 0 fully saturated rings. The number of anilines is 1. The summed E-state index contributed by atoms with van der Waals surface area (Å²) in [5, 5.41) is 3.28. The second-order valence-corrected chi connectivity index (χ2v) is 9.38. The highest BCUT2D eigenvalue weighted by Crippen LogP contribution is 2.38. The predicted molar refractivity (Wildman–Crippen MR) is 138 cm³/mol. The van der Waals surface area contributed by atoms with E-state index in [0.717, 1.165) is 40.9 Å². The zero-order chi connectivity index (χ0) is 25.0. The van der Waals surface area contributed by atoms with E-state index in [0.29, 0.717) is 0 Å². The van der Waals surface area contributed by atoms with E-state index in [2.05, 4.69) is 67.4 Å². The lowest BCUT2D eigenvalue weighted by Gasteiger charge is -2.29. The highest BCUT2D eigenvalue weighted by molar-refractivity contribution is 5.73. The van der Waals surface area contributed by atoms with Gasteiger partial charge in [-0.1, -0.05) is 62.6 Å². The summed E-state index contributed by atoms with van der Waals surface area (Å²) in [6.45, 7) is 6.41. The zero-order valence-corrected chi connectivity index (χ0v) is 20.6. The summed E-state index contributed by atoms with van der Waals surface area (Å²) < 4.78 is 39.0. The Bertz CT molecular complexity index is 1140.